The third-order valence-corrected chi connectivity index (χ3v) is 0. The molecule has 0 unspecified atom stereocenters. The van der Waals surface area contributed by atoms with Crippen molar-refractivity contribution >= 4 is 10.4 Å². The van der Waals surface area contributed by atoms with Crippen molar-refractivity contribution in [1.29, 1.82) is 0 Å². The Labute approximate surface area is 48.2 Å². The van der Waals surface area contributed by atoms with Crippen LogP contribution in [0, 0.1) is 0 Å². The monoisotopic (exact) mass is 288 g/mol. The SMILES string of the molecule is O=S(=O)([O-])[O-].[Os+2]. The second-order valence-corrected chi connectivity index (χ2v) is 1.22. The van der Waals surface area contributed by atoms with Gasteiger partial charge in [0.15, 0.2) is 0 Å². The molecule has 0 saturated heterocycles. The summed E-state index contributed by atoms with van der Waals surface area (Å²) < 4.78 is 34.1. The fourth-order valence-corrected chi connectivity index (χ4v) is 0. The second-order valence-electron chi connectivity index (χ2n) is 0.408. The average Bonchev–Trinajstić information content (AvgIpc) is 0.722. The maximum Gasteiger partial charge on any atom is 2.00 e. The zero-order chi connectivity index (χ0) is 4.50. The number of hydrogen-bond donors (Lipinski definition) is 0. The molecule has 0 aromatic heterocycles. The summed E-state index contributed by atoms with van der Waals surface area (Å²) in [5, 5.41) is 0. The Morgan fingerprint density at radius 3 is 1.17 bits per heavy atom. The first-order valence-electron chi connectivity index (χ1n) is 0.667. The van der Waals surface area contributed by atoms with Crippen LogP contribution in [0.4, 0.5) is 0 Å². The van der Waals surface area contributed by atoms with Crippen LogP contribution in [-0.2, 0) is 30.2 Å². The van der Waals surface area contributed by atoms with Gasteiger partial charge in [0.2, 0.25) is 0 Å². The van der Waals surface area contributed by atoms with Crippen molar-refractivity contribution in [2.75, 3.05) is 0 Å². The average molecular weight is 286 g/mol. The predicted octanol–water partition coefficient (Wildman–Crippen LogP) is -1.34. The van der Waals surface area contributed by atoms with Crippen molar-refractivity contribution in [2.45, 2.75) is 0 Å². The quantitative estimate of drug-likeness (QED) is 0.408. The molecule has 0 aromatic rings. The first-order chi connectivity index (χ1) is 2.00. The smallest absolute Gasteiger partial charge is 0.759 e. The molecule has 6 heteroatoms. The van der Waals surface area contributed by atoms with E-state index in [2.05, 4.69) is 0 Å². The summed E-state index contributed by atoms with van der Waals surface area (Å²) >= 11 is 0. The van der Waals surface area contributed by atoms with E-state index in [1.54, 1.807) is 0 Å². The fourth-order valence-electron chi connectivity index (χ4n) is 0. The summed E-state index contributed by atoms with van der Waals surface area (Å²) in [7, 11) is -5.17. The van der Waals surface area contributed by atoms with Crippen LogP contribution in [0.25, 0.3) is 0 Å². The maximum atomic E-state index is 8.52. The predicted molar refractivity (Wildman–Crippen MR) is 10.5 cm³/mol. The van der Waals surface area contributed by atoms with Gasteiger partial charge >= 0.3 is 19.8 Å². The van der Waals surface area contributed by atoms with Crippen molar-refractivity contribution in [3.8, 4) is 0 Å². The molecule has 38 valence electrons. The molecule has 0 N–H and O–H groups in total. The van der Waals surface area contributed by atoms with Crippen LogP contribution in [0.15, 0.2) is 0 Å². The Morgan fingerprint density at radius 1 is 1.17 bits per heavy atom. The van der Waals surface area contributed by atoms with Gasteiger partial charge in [0.05, 0.1) is 0 Å². The van der Waals surface area contributed by atoms with Crippen molar-refractivity contribution < 1.29 is 37.3 Å². The van der Waals surface area contributed by atoms with Crippen molar-refractivity contribution in [3.63, 3.8) is 0 Å². The summed E-state index contributed by atoms with van der Waals surface area (Å²) in [6.45, 7) is 0. The maximum absolute atomic E-state index is 8.52. The molecule has 0 rings (SSSR count). The van der Waals surface area contributed by atoms with Crippen LogP contribution in [0.5, 0.6) is 0 Å². The van der Waals surface area contributed by atoms with E-state index in [0.29, 0.717) is 0 Å². The minimum atomic E-state index is -5.17. The molecule has 0 bridgehead atoms. The molecule has 0 aliphatic carbocycles. The molecule has 0 aromatic carbocycles. The largest absolute Gasteiger partial charge is 2.00 e. The minimum absolute atomic E-state index is 0. The van der Waals surface area contributed by atoms with Crippen molar-refractivity contribution in [1.82, 2.24) is 0 Å². The third kappa shape index (κ3) is 216. The van der Waals surface area contributed by atoms with E-state index in [1.807, 2.05) is 0 Å². The summed E-state index contributed by atoms with van der Waals surface area (Å²) in [6.07, 6.45) is 0. The van der Waals surface area contributed by atoms with Gasteiger partial charge in [-0.25, -0.2) is 0 Å². The van der Waals surface area contributed by atoms with E-state index < -0.39 is 10.4 Å². The van der Waals surface area contributed by atoms with E-state index >= 15 is 0 Å². The summed E-state index contributed by atoms with van der Waals surface area (Å²) in [5.41, 5.74) is 0. The van der Waals surface area contributed by atoms with E-state index in [9.17, 15) is 0 Å². The Hall–Kier alpha value is 0.506. The van der Waals surface area contributed by atoms with Crippen LogP contribution in [0.1, 0.15) is 0 Å². The zero-order valence-corrected chi connectivity index (χ0v) is 5.75. The van der Waals surface area contributed by atoms with E-state index in [1.165, 1.54) is 0 Å². The van der Waals surface area contributed by atoms with Gasteiger partial charge in [-0.3, -0.25) is 8.42 Å². The van der Waals surface area contributed by atoms with Gasteiger partial charge in [-0.05, 0) is 0 Å². The van der Waals surface area contributed by atoms with Crippen molar-refractivity contribution in [2.24, 2.45) is 0 Å². The van der Waals surface area contributed by atoms with Gasteiger partial charge in [0.25, 0.3) is 0 Å². The molecule has 0 radical (unpaired) electrons. The van der Waals surface area contributed by atoms with Gasteiger partial charge in [0, 0.05) is 10.4 Å². The van der Waals surface area contributed by atoms with Gasteiger partial charge in [0.1, 0.15) is 0 Å². The van der Waals surface area contributed by atoms with E-state index in [-0.39, 0.29) is 19.8 Å². The van der Waals surface area contributed by atoms with Crippen LogP contribution in [0.2, 0.25) is 0 Å². The molecular formula is O4OsS. The van der Waals surface area contributed by atoms with Crippen molar-refractivity contribution in [3.05, 3.63) is 0 Å². The Kier molecular flexibility index (Phi) is 4.28. The Bertz CT molecular complexity index is 90.7. The molecule has 0 atom stereocenters. The standard InChI is InChI=1S/H2O4S.Os/c1-5(2,3)4;/h(H2,1,2,3,4);/q;+2/p-2. The Morgan fingerprint density at radius 2 is 1.17 bits per heavy atom. The molecule has 0 heterocycles. The molecule has 0 saturated carbocycles. The van der Waals surface area contributed by atoms with Gasteiger partial charge in [-0.2, -0.15) is 0 Å². The molecule has 6 heavy (non-hydrogen) atoms. The zero-order valence-electron chi connectivity index (χ0n) is 2.39. The second kappa shape index (κ2) is 2.64. The van der Waals surface area contributed by atoms with Crippen LogP contribution >= 0.6 is 0 Å². The molecule has 0 fully saturated rings. The van der Waals surface area contributed by atoms with Crippen LogP contribution in [0.3, 0.4) is 0 Å². The van der Waals surface area contributed by atoms with E-state index in [0.717, 1.165) is 0 Å². The molecule has 0 spiro atoms. The molecular weight excluding hydrogens is 286 g/mol. The fraction of sp³-hybridized carbons (Fsp3) is 0. The molecule has 4 nitrogen and oxygen atoms in total. The number of hydrogen-bond acceptors (Lipinski definition) is 4. The normalized spacial score (nSPS) is 9.67. The van der Waals surface area contributed by atoms with Crippen LogP contribution < -0.4 is 0 Å². The minimum Gasteiger partial charge on any atom is -0.759 e. The van der Waals surface area contributed by atoms with Gasteiger partial charge in [-0.15, -0.1) is 0 Å². The Balaban J connectivity index is 0. The first-order valence-corrected chi connectivity index (χ1v) is 2.00. The van der Waals surface area contributed by atoms with Gasteiger partial charge < -0.3 is 9.11 Å². The first kappa shape index (κ1) is 9.71. The number of rotatable bonds is 0. The summed E-state index contributed by atoms with van der Waals surface area (Å²) in [5.74, 6) is 0. The topological polar surface area (TPSA) is 80.3 Å². The molecule has 0 aliphatic heterocycles. The summed E-state index contributed by atoms with van der Waals surface area (Å²) in [4.78, 5) is 0. The van der Waals surface area contributed by atoms with Crippen LogP contribution in [-0.4, -0.2) is 17.5 Å². The third-order valence-electron chi connectivity index (χ3n) is 0. The molecule has 0 aliphatic rings. The van der Waals surface area contributed by atoms with E-state index in [4.69, 9.17) is 17.5 Å². The molecule has 0 amide bonds. The summed E-state index contributed by atoms with van der Waals surface area (Å²) in [6, 6.07) is 0. The van der Waals surface area contributed by atoms with Gasteiger partial charge in [-0.1, -0.05) is 0 Å².